The van der Waals surface area contributed by atoms with Gasteiger partial charge in [-0.25, -0.2) is 4.98 Å². The molecule has 0 aliphatic heterocycles. The predicted octanol–water partition coefficient (Wildman–Crippen LogP) is 2.77. The Labute approximate surface area is 121 Å². The highest BCUT2D eigenvalue weighted by Crippen LogP contribution is 2.25. The second-order valence-corrected chi connectivity index (χ2v) is 4.55. The summed E-state index contributed by atoms with van der Waals surface area (Å²) in [5.74, 6) is -0.00508. The zero-order valence-electron chi connectivity index (χ0n) is 10.8. The molecule has 0 aliphatic rings. The molecule has 2 N–H and O–H groups in total. The fraction of sp³-hybridized carbons (Fsp3) is 0.143. The van der Waals surface area contributed by atoms with Gasteiger partial charge in [-0.2, -0.15) is 0 Å². The number of rotatable bonds is 4. The molecule has 0 aliphatic carbocycles. The van der Waals surface area contributed by atoms with E-state index < -0.39 is 5.91 Å². The number of nitrogens with one attached hydrogen (secondary N) is 1. The summed E-state index contributed by atoms with van der Waals surface area (Å²) in [4.78, 5) is 15.5. The molecule has 20 heavy (non-hydrogen) atoms. The molecule has 0 atom stereocenters. The van der Waals surface area contributed by atoms with Crippen LogP contribution in [0.15, 0.2) is 36.5 Å². The largest absolute Gasteiger partial charge is 0.504 e. The van der Waals surface area contributed by atoms with Gasteiger partial charge >= 0.3 is 0 Å². The molecular weight excluding hydrogens is 280 g/mol. The molecule has 0 spiro atoms. The average Bonchev–Trinajstić information content (AvgIpc) is 2.42. The number of carbonyl (C=O) groups is 1. The first-order chi connectivity index (χ1) is 9.56. The summed E-state index contributed by atoms with van der Waals surface area (Å²) in [5.41, 5.74) is 0.979. The highest BCUT2D eigenvalue weighted by molar-refractivity contribution is 6.32. The van der Waals surface area contributed by atoms with Crippen molar-refractivity contribution in [3.8, 4) is 11.5 Å². The summed E-state index contributed by atoms with van der Waals surface area (Å²) in [7, 11) is 0. The third kappa shape index (κ3) is 3.61. The first-order valence-corrected chi connectivity index (χ1v) is 6.27. The minimum absolute atomic E-state index is 0.0939. The number of nitrogens with zero attached hydrogens (tertiary/aromatic N) is 1. The second-order valence-electron chi connectivity index (χ2n) is 4.14. The molecule has 0 radical (unpaired) electrons. The maximum Gasteiger partial charge on any atom is 0.263 e. The van der Waals surface area contributed by atoms with Gasteiger partial charge in [0.1, 0.15) is 5.75 Å². The van der Waals surface area contributed by atoms with Gasteiger partial charge in [0.2, 0.25) is 0 Å². The van der Waals surface area contributed by atoms with E-state index in [1.54, 1.807) is 18.2 Å². The number of carbonyl (C=O) groups excluding carboxylic acids is 1. The van der Waals surface area contributed by atoms with Crippen LogP contribution in [0.1, 0.15) is 5.56 Å². The van der Waals surface area contributed by atoms with E-state index in [1.807, 2.05) is 13.0 Å². The predicted molar refractivity (Wildman–Crippen MR) is 76.2 cm³/mol. The summed E-state index contributed by atoms with van der Waals surface area (Å²) in [6.45, 7) is 1.67. The van der Waals surface area contributed by atoms with Crippen LogP contribution in [0.5, 0.6) is 11.5 Å². The average molecular weight is 293 g/mol. The zero-order chi connectivity index (χ0) is 14.5. The number of pyridine rings is 1. The van der Waals surface area contributed by atoms with Crippen molar-refractivity contribution in [2.24, 2.45) is 0 Å². The number of hydrogen-bond acceptors (Lipinski definition) is 4. The maximum atomic E-state index is 11.7. The molecule has 0 saturated carbocycles. The lowest BCUT2D eigenvalue weighted by molar-refractivity contribution is -0.118. The van der Waals surface area contributed by atoms with E-state index in [-0.39, 0.29) is 18.2 Å². The molecule has 0 fully saturated rings. The number of anilines is 1. The Morgan fingerprint density at radius 2 is 2.25 bits per heavy atom. The van der Waals surface area contributed by atoms with Gasteiger partial charge < -0.3 is 15.2 Å². The highest BCUT2D eigenvalue weighted by atomic mass is 35.5. The van der Waals surface area contributed by atoms with Gasteiger partial charge in [-0.1, -0.05) is 17.7 Å². The number of aromatic hydroxyl groups is 1. The molecule has 1 aromatic carbocycles. The molecule has 1 heterocycles. The first-order valence-electron chi connectivity index (χ1n) is 5.89. The van der Waals surface area contributed by atoms with Crippen molar-refractivity contribution in [3.63, 3.8) is 0 Å². The summed E-state index contributed by atoms with van der Waals surface area (Å²) < 4.78 is 5.34. The molecule has 0 unspecified atom stereocenters. The summed E-state index contributed by atoms with van der Waals surface area (Å²) in [5, 5.41) is 12.4. The monoisotopic (exact) mass is 292 g/mol. The number of halogens is 1. The van der Waals surface area contributed by atoms with Crippen molar-refractivity contribution in [1.29, 1.82) is 0 Å². The molecule has 2 rings (SSSR count). The second kappa shape index (κ2) is 6.25. The minimum atomic E-state index is -0.434. The topological polar surface area (TPSA) is 71.5 Å². The van der Waals surface area contributed by atoms with E-state index in [4.69, 9.17) is 16.3 Å². The van der Waals surface area contributed by atoms with Crippen LogP contribution in [0.25, 0.3) is 0 Å². The highest BCUT2D eigenvalue weighted by Gasteiger charge is 2.09. The molecule has 1 amide bonds. The lowest BCUT2D eigenvalue weighted by Crippen LogP contribution is -2.20. The quantitative estimate of drug-likeness (QED) is 0.909. The van der Waals surface area contributed by atoms with Crippen LogP contribution in [0.3, 0.4) is 0 Å². The third-order valence-electron chi connectivity index (χ3n) is 2.49. The Balaban J connectivity index is 1.96. The van der Waals surface area contributed by atoms with Crippen molar-refractivity contribution in [1.82, 2.24) is 4.98 Å². The molecular formula is C14H13ClN2O3. The Morgan fingerprint density at radius 1 is 1.45 bits per heavy atom. The summed E-state index contributed by atoms with van der Waals surface area (Å²) in [6, 6.07) is 8.29. The Hall–Kier alpha value is -2.27. The molecule has 2 aromatic rings. The normalized spacial score (nSPS) is 10.1. The van der Waals surface area contributed by atoms with Gasteiger partial charge in [-0.3, -0.25) is 4.79 Å². The van der Waals surface area contributed by atoms with Gasteiger partial charge in [0.05, 0.1) is 5.02 Å². The van der Waals surface area contributed by atoms with E-state index >= 15 is 0 Å². The van der Waals surface area contributed by atoms with E-state index in [0.29, 0.717) is 10.8 Å². The zero-order valence-corrected chi connectivity index (χ0v) is 11.5. The number of aromatic nitrogens is 1. The molecule has 1 aromatic heterocycles. The maximum absolute atomic E-state index is 11.7. The van der Waals surface area contributed by atoms with Gasteiger partial charge in [0.25, 0.3) is 5.91 Å². The van der Waals surface area contributed by atoms with Gasteiger partial charge in [0.15, 0.2) is 18.2 Å². The van der Waals surface area contributed by atoms with Crippen LogP contribution in [0, 0.1) is 6.92 Å². The smallest absolute Gasteiger partial charge is 0.263 e. The number of benzene rings is 1. The minimum Gasteiger partial charge on any atom is -0.504 e. The van der Waals surface area contributed by atoms with Crippen molar-refractivity contribution < 1.29 is 14.6 Å². The van der Waals surface area contributed by atoms with E-state index in [9.17, 15) is 9.90 Å². The van der Waals surface area contributed by atoms with E-state index in [0.717, 1.165) is 5.56 Å². The molecule has 6 heteroatoms. The Kier molecular flexibility index (Phi) is 4.42. The summed E-state index contributed by atoms with van der Waals surface area (Å²) >= 11 is 5.96. The molecule has 104 valence electrons. The van der Waals surface area contributed by atoms with Crippen molar-refractivity contribution in [2.75, 3.05) is 11.9 Å². The number of amides is 1. The van der Waals surface area contributed by atoms with Gasteiger partial charge in [-0.05, 0) is 36.8 Å². The molecule has 0 bridgehead atoms. The van der Waals surface area contributed by atoms with Crippen molar-refractivity contribution in [2.45, 2.75) is 6.92 Å². The third-order valence-corrected chi connectivity index (χ3v) is 2.80. The standard InChI is InChI=1S/C14H13ClN2O3/c1-9-4-5-10(15)12(7-9)20-8-13(19)17-14-11(18)3-2-6-16-14/h2-7,18H,8H2,1H3,(H,16,17,19). The van der Waals surface area contributed by atoms with Crippen LogP contribution < -0.4 is 10.1 Å². The van der Waals surface area contributed by atoms with Crippen LogP contribution in [0.2, 0.25) is 5.02 Å². The van der Waals surface area contributed by atoms with E-state index in [1.165, 1.54) is 12.3 Å². The van der Waals surface area contributed by atoms with Crippen LogP contribution in [0.4, 0.5) is 5.82 Å². The van der Waals surface area contributed by atoms with Crippen molar-refractivity contribution >= 4 is 23.3 Å². The number of ether oxygens (including phenoxy) is 1. The Bertz CT molecular complexity index is 632. The lowest BCUT2D eigenvalue weighted by Gasteiger charge is -2.09. The van der Waals surface area contributed by atoms with Gasteiger partial charge in [0, 0.05) is 6.20 Å². The van der Waals surface area contributed by atoms with Crippen LogP contribution in [-0.2, 0) is 4.79 Å². The fourth-order valence-electron chi connectivity index (χ4n) is 1.53. The summed E-state index contributed by atoms with van der Waals surface area (Å²) in [6.07, 6.45) is 1.47. The van der Waals surface area contributed by atoms with Crippen LogP contribution >= 0.6 is 11.6 Å². The SMILES string of the molecule is Cc1ccc(Cl)c(OCC(=O)Nc2ncccc2O)c1. The Morgan fingerprint density at radius 3 is 3.00 bits per heavy atom. The van der Waals surface area contributed by atoms with Gasteiger partial charge in [-0.15, -0.1) is 0 Å². The first kappa shape index (κ1) is 14.1. The molecule has 0 saturated heterocycles. The van der Waals surface area contributed by atoms with Crippen molar-refractivity contribution in [3.05, 3.63) is 47.1 Å². The number of aryl methyl sites for hydroxylation is 1. The lowest BCUT2D eigenvalue weighted by atomic mass is 10.2. The van der Waals surface area contributed by atoms with E-state index in [2.05, 4.69) is 10.3 Å². The fourth-order valence-corrected chi connectivity index (χ4v) is 1.70. The van der Waals surface area contributed by atoms with Crippen LogP contribution in [-0.4, -0.2) is 22.6 Å². The molecule has 5 nitrogen and oxygen atoms in total. The number of hydrogen-bond donors (Lipinski definition) is 2.